The third-order valence-electron chi connectivity index (χ3n) is 5.35. The maximum Gasteiger partial charge on any atom is 0.335 e. The highest BCUT2D eigenvalue weighted by Gasteiger charge is 2.51. The first-order chi connectivity index (χ1) is 13.7. The number of halogens is 1. The molecule has 1 fully saturated rings. The van der Waals surface area contributed by atoms with Crippen LogP contribution in [0.5, 0.6) is 5.75 Å². The molecule has 9 heteroatoms. The van der Waals surface area contributed by atoms with Gasteiger partial charge in [0.05, 0.1) is 22.6 Å². The molecule has 3 N–H and O–H groups in total. The van der Waals surface area contributed by atoms with E-state index in [1.54, 1.807) is 30.3 Å². The summed E-state index contributed by atoms with van der Waals surface area (Å²) in [5.41, 5.74) is 0.929. The van der Waals surface area contributed by atoms with Gasteiger partial charge in [-0.05, 0) is 46.9 Å². The number of benzene rings is 2. The van der Waals surface area contributed by atoms with Gasteiger partial charge in [-0.3, -0.25) is 0 Å². The molecule has 0 bridgehead atoms. The average Bonchev–Trinajstić information content (AvgIpc) is 3.17. The second-order valence-electron chi connectivity index (χ2n) is 7.09. The van der Waals surface area contributed by atoms with Gasteiger partial charge in [0.1, 0.15) is 11.9 Å². The lowest BCUT2D eigenvalue weighted by molar-refractivity contribution is -0.130. The first kappa shape index (κ1) is 20.3. The van der Waals surface area contributed by atoms with Crippen molar-refractivity contribution >= 4 is 44.2 Å². The smallest absolute Gasteiger partial charge is 0.335 e. The number of para-hydroxylation sites is 1. The lowest BCUT2D eigenvalue weighted by Gasteiger charge is -2.22. The van der Waals surface area contributed by atoms with Crippen LogP contribution in [0.15, 0.2) is 53.9 Å². The van der Waals surface area contributed by atoms with E-state index in [2.05, 4.69) is 33.9 Å². The molecule has 4 unspecified atom stereocenters. The van der Waals surface area contributed by atoms with Crippen LogP contribution in [0.4, 0.5) is 0 Å². The molecule has 4 atom stereocenters. The number of aliphatic hydroxyl groups excluding tert-OH is 1. The van der Waals surface area contributed by atoms with Gasteiger partial charge in [0.25, 0.3) is 0 Å². The van der Waals surface area contributed by atoms with Gasteiger partial charge in [0.15, 0.2) is 0 Å². The fraction of sp³-hybridized carbons (Fsp3) is 0.250. The fourth-order valence-electron chi connectivity index (χ4n) is 3.98. The van der Waals surface area contributed by atoms with Gasteiger partial charge in [-0.25, -0.2) is 17.9 Å². The number of fused-ring (bicyclic) bond motifs is 3. The highest BCUT2D eigenvalue weighted by molar-refractivity contribution is 14.1. The minimum Gasteiger partial charge on any atom is -0.489 e. The van der Waals surface area contributed by atoms with E-state index in [0.717, 1.165) is 3.57 Å². The van der Waals surface area contributed by atoms with Crippen molar-refractivity contribution in [3.05, 3.63) is 63.7 Å². The zero-order chi connectivity index (χ0) is 20.9. The number of hydrogen-bond acceptors (Lipinski definition) is 5. The molecule has 1 aliphatic carbocycles. The predicted octanol–water partition coefficient (Wildman–Crippen LogP) is 2.35. The third kappa shape index (κ3) is 3.56. The van der Waals surface area contributed by atoms with Crippen molar-refractivity contribution in [1.82, 2.24) is 4.72 Å². The number of sulfonamides is 1. The van der Waals surface area contributed by atoms with Gasteiger partial charge in [0, 0.05) is 27.0 Å². The normalized spacial score (nSPS) is 25.2. The van der Waals surface area contributed by atoms with Gasteiger partial charge in [-0.1, -0.05) is 24.8 Å². The summed E-state index contributed by atoms with van der Waals surface area (Å²) >= 11 is 2.09. The molecule has 2 aliphatic rings. The van der Waals surface area contributed by atoms with E-state index in [1.807, 2.05) is 0 Å². The molecule has 0 spiro atoms. The van der Waals surface area contributed by atoms with E-state index in [4.69, 9.17) is 4.74 Å². The van der Waals surface area contributed by atoms with Crippen LogP contribution in [0.1, 0.15) is 23.5 Å². The van der Waals surface area contributed by atoms with Gasteiger partial charge >= 0.3 is 5.97 Å². The van der Waals surface area contributed by atoms with Crippen LogP contribution in [0.3, 0.4) is 0 Å². The Morgan fingerprint density at radius 3 is 2.55 bits per heavy atom. The summed E-state index contributed by atoms with van der Waals surface area (Å²) in [6.45, 7) is 3.59. The summed E-state index contributed by atoms with van der Waals surface area (Å²) in [7, 11) is -3.86. The Hall–Kier alpha value is -1.95. The fourth-order valence-corrected chi connectivity index (χ4v) is 5.63. The summed E-state index contributed by atoms with van der Waals surface area (Å²) in [4.78, 5) is 11.5. The van der Waals surface area contributed by atoms with E-state index in [1.165, 1.54) is 12.1 Å². The molecule has 2 aromatic carbocycles. The predicted molar refractivity (Wildman–Crippen MR) is 114 cm³/mol. The van der Waals surface area contributed by atoms with Crippen LogP contribution in [-0.2, 0) is 14.8 Å². The molecule has 152 valence electrons. The van der Waals surface area contributed by atoms with Crippen LogP contribution < -0.4 is 9.46 Å². The van der Waals surface area contributed by atoms with Crippen LogP contribution in [0, 0.1) is 3.57 Å². The molecular weight excluding hydrogens is 509 g/mol. The highest BCUT2D eigenvalue weighted by Crippen LogP contribution is 2.49. The Morgan fingerprint density at radius 2 is 1.90 bits per heavy atom. The Bertz CT molecular complexity index is 1100. The lowest BCUT2D eigenvalue weighted by Crippen LogP contribution is -2.43. The number of nitrogens with one attached hydrogen (secondary N) is 1. The lowest BCUT2D eigenvalue weighted by atomic mass is 9.91. The zero-order valence-electron chi connectivity index (χ0n) is 15.1. The Kier molecular flexibility index (Phi) is 5.18. The van der Waals surface area contributed by atoms with Crippen molar-refractivity contribution in [2.45, 2.75) is 35.5 Å². The first-order valence-corrected chi connectivity index (χ1v) is 11.4. The number of aliphatic carboxylic acids is 1. The number of carbonyl (C=O) groups is 1. The maximum absolute atomic E-state index is 12.9. The van der Waals surface area contributed by atoms with Crippen molar-refractivity contribution in [3.8, 4) is 5.75 Å². The Morgan fingerprint density at radius 1 is 1.21 bits per heavy atom. The maximum atomic E-state index is 12.9. The van der Waals surface area contributed by atoms with Crippen molar-refractivity contribution in [3.63, 3.8) is 0 Å². The standard InChI is InChI=1S/C20H18INO6S/c1-10(20(24)25)13-3-2-4-14-17-16(28-19(13)14)9-15(23)18(17)22-29(26,27)12-7-5-11(21)6-8-12/h2-8,15-18,22-23H,1,9H2,(H,24,25). The molecule has 7 nitrogen and oxygen atoms in total. The molecule has 1 saturated carbocycles. The molecular formula is C20H18INO6S. The van der Waals surface area contributed by atoms with E-state index in [-0.39, 0.29) is 16.9 Å². The van der Waals surface area contributed by atoms with Crippen LogP contribution in [-0.4, -0.2) is 42.8 Å². The third-order valence-corrected chi connectivity index (χ3v) is 7.54. The Labute approximate surface area is 181 Å². The van der Waals surface area contributed by atoms with Gasteiger partial charge < -0.3 is 14.9 Å². The molecule has 4 rings (SSSR count). The molecule has 0 saturated heterocycles. The summed E-state index contributed by atoms with van der Waals surface area (Å²) in [5.74, 6) is -1.20. The van der Waals surface area contributed by atoms with Crippen molar-refractivity contribution in [2.75, 3.05) is 0 Å². The van der Waals surface area contributed by atoms with Gasteiger partial charge in [0.2, 0.25) is 10.0 Å². The molecule has 0 radical (unpaired) electrons. The largest absolute Gasteiger partial charge is 0.489 e. The molecule has 1 aliphatic heterocycles. The number of hydrogen-bond donors (Lipinski definition) is 3. The topological polar surface area (TPSA) is 113 Å². The molecule has 0 amide bonds. The summed E-state index contributed by atoms with van der Waals surface area (Å²) in [6, 6.07) is 10.7. The zero-order valence-corrected chi connectivity index (χ0v) is 18.1. The monoisotopic (exact) mass is 527 g/mol. The molecule has 2 aromatic rings. The van der Waals surface area contributed by atoms with Crippen molar-refractivity contribution in [2.24, 2.45) is 0 Å². The summed E-state index contributed by atoms with van der Waals surface area (Å²) < 4.78 is 35.2. The SMILES string of the molecule is C=C(C(=O)O)c1cccc2c1OC1CC(O)C(NS(=O)(=O)c3ccc(I)cc3)C21. The summed E-state index contributed by atoms with van der Waals surface area (Å²) in [6.07, 6.45) is -1.15. The van der Waals surface area contributed by atoms with E-state index < -0.39 is 40.2 Å². The number of carboxylic acid groups (broad SMARTS) is 1. The Balaban J connectivity index is 1.69. The minimum absolute atomic E-state index is 0.0987. The molecule has 0 aromatic heterocycles. The van der Waals surface area contributed by atoms with Crippen LogP contribution in [0.2, 0.25) is 0 Å². The van der Waals surface area contributed by atoms with Crippen LogP contribution in [0.25, 0.3) is 5.57 Å². The number of aliphatic hydroxyl groups is 1. The van der Waals surface area contributed by atoms with Crippen LogP contribution >= 0.6 is 22.6 Å². The van der Waals surface area contributed by atoms with Crippen molar-refractivity contribution in [1.29, 1.82) is 0 Å². The second kappa shape index (κ2) is 7.38. The molecule has 29 heavy (non-hydrogen) atoms. The summed E-state index contributed by atoms with van der Waals surface area (Å²) in [5, 5.41) is 19.8. The minimum atomic E-state index is -3.86. The van der Waals surface area contributed by atoms with E-state index in [9.17, 15) is 23.4 Å². The van der Waals surface area contributed by atoms with E-state index >= 15 is 0 Å². The second-order valence-corrected chi connectivity index (χ2v) is 10.1. The molecule has 1 heterocycles. The quantitative estimate of drug-likeness (QED) is 0.407. The van der Waals surface area contributed by atoms with Gasteiger partial charge in [-0.2, -0.15) is 0 Å². The van der Waals surface area contributed by atoms with Crippen molar-refractivity contribution < 1.29 is 28.2 Å². The average molecular weight is 527 g/mol. The van der Waals surface area contributed by atoms with E-state index in [0.29, 0.717) is 16.9 Å². The first-order valence-electron chi connectivity index (χ1n) is 8.87. The number of ether oxygens (including phenoxy) is 1. The van der Waals surface area contributed by atoms with Gasteiger partial charge in [-0.15, -0.1) is 0 Å². The number of rotatable bonds is 5. The highest BCUT2D eigenvalue weighted by atomic mass is 127. The number of carboxylic acids is 1.